The van der Waals surface area contributed by atoms with Crippen LogP contribution in [-0.2, 0) is 19.1 Å². The molecule has 0 radical (unpaired) electrons. The molecule has 0 saturated heterocycles. The van der Waals surface area contributed by atoms with Crippen LogP contribution in [0.25, 0.3) is 0 Å². The van der Waals surface area contributed by atoms with Gasteiger partial charge in [0.2, 0.25) is 0 Å². The molecule has 0 bridgehead atoms. The molecule has 126 valence electrons. The highest BCUT2D eigenvalue weighted by Gasteiger charge is 2.16. The van der Waals surface area contributed by atoms with E-state index in [2.05, 4.69) is 20.1 Å². The summed E-state index contributed by atoms with van der Waals surface area (Å²) in [5.41, 5.74) is 0.755. The molecule has 0 fully saturated rings. The van der Waals surface area contributed by atoms with Crippen LogP contribution in [-0.4, -0.2) is 24.6 Å². The Bertz CT molecular complexity index is 385. The lowest BCUT2D eigenvalue weighted by Gasteiger charge is -2.18. The van der Waals surface area contributed by atoms with Gasteiger partial charge in [-0.25, -0.2) is 9.59 Å². The molecular weight excluding hydrogens is 280 g/mol. The minimum Gasteiger partial charge on any atom is -0.462 e. The topological polar surface area (TPSA) is 52.6 Å². The standard InChI is InChI=1S/C18H30O4/c1-6-7-8-9-10-11-16(22-18(20)15(4)5)12-13-21-17(19)14(2)3/h16H,2,4,6-13H2,1,3,5H3. The zero-order chi connectivity index (χ0) is 17.0. The summed E-state index contributed by atoms with van der Waals surface area (Å²) in [4.78, 5) is 23.0. The van der Waals surface area contributed by atoms with E-state index in [1.165, 1.54) is 19.3 Å². The van der Waals surface area contributed by atoms with Gasteiger partial charge in [-0.3, -0.25) is 0 Å². The number of rotatable bonds is 12. The average molecular weight is 310 g/mol. The van der Waals surface area contributed by atoms with Crippen LogP contribution in [0, 0.1) is 0 Å². The molecule has 0 spiro atoms. The first-order valence-electron chi connectivity index (χ1n) is 8.07. The van der Waals surface area contributed by atoms with Crippen LogP contribution in [0.5, 0.6) is 0 Å². The molecule has 0 saturated carbocycles. The predicted octanol–water partition coefficient (Wildman–Crippen LogP) is 4.34. The first kappa shape index (κ1) is 20.4. The molecule has 0 rings (SSSR count). The van der Waals surface area contributed by atoms with Crippen molar-refractivity contribution in [3.63, 3.8) is 0 Å². The fraction of sp³-hybridized carbons (Fsp3) is 0.667. The summed E-state index contributed by atoms with van der Waals surface area (Å²) in [5, 5.41) is 0. The van der Waals surface area contributed by atoms with Crippen molar-refractivity contribution in [3.8, 4) is 0 Å². The van der Waals surface area contributed by atoms with Gasteiger partial charge < -0.3 is 9.47 Å². The highest BCUT2D eigenvalue weighted by atomic mass is 16.6. The molecule has 0 aromatic carbocycles. The summed E-state index contributed by atoms with van der Waals surface area (Å²) >= 11 is 0. The Morgan fingerprint density at radius 2 is 1.50 bits per heavy atom. The minimum atomic E-state index is -0.409. The third-order valence-corrected chi connectivity index (χ3v) is 3.27. The van der Waals surface area contributed by atoms with Crippen molar-refractivity contribution in [1.82, 2.24) is 0 Å². The molecular formula is C18H30O4. The molecule has 0 heterocycles. The maximum Gasteiger partial charge on any atom is 0.333 e. The average Bonchev–Trinajstić information content (AvgIpc) is 2.46. The van der Waals surface area contributed by atoms with E-state index >= 15 is 0 Å². The Kier molecular flexibility index (Phi) is 11.2. The van der Waals surface area contributed by atoms with Crippen molar-refractivity contribution in [2.24, 2.45) is 0 Å². The number of hydrogen-bond donors (Lipinski definition) is 0. The van der Waals surface area contributed by atoms with E-state index in [1.807, 2.05) is 0 Å². The van der Waals surface area contributed by atoms with Crippen molar-refractivity contribution in [2.75, 3.05) is 6.61 Å². The Morgan fingerprint density at radius 1 is 0.909 bits per heavy atom. The Hall–Kier alpha value is -1.58. The second kappa shape index (κ2) is 12.0. The molecule has 0 N–H and O–H groups in total. The van der Waals surface area contributed by atoms with Crippen molar-refractivity contribution in [2.45, 2.75) is 71.8 Å². The number of hydrogen-bond acceptors (Lipinski definition) is 4. The first-order chi connectivity index (χ1) is 10.4. The van der Waals surface area contributed by atoms with E-state index in [4.69, 9.17) is 9.47 Å². The Morgan fingerprint density at radius 3 is 2.05 bits per heavy atom. The summed E-state index contributed by atoms with van der Waals surface area (Å²) in [7, 11) is 0. The third-order valence-electron chi connectivity index (χ3n) is 3.27. The van der Waals surface area contributed by atoms with Crippen molar-refractivity contribution < 1.29 is 19.1 Å². The highest BCUT2D eigenvalue weighted by molar-refractivity contribution is 5.87. The molecule has 0 aliphatic carbocycles. The van der Waals surface area contributed by atoms with Gasteiger partial charge in [0, 0.05) is 17.6 Å². The number of unbranched alkanes of at least 4 members (excludes halogenated alkanes) is 4. The fourth-order valence-corrected chi connectivity index (χ4v) is 1.90. The van der Waals surface area contributed by atoms with Crippen LogP contribution in [0.15, 0.2) is 24.3 Å². The molecule has 1 atom stereocenters. The molecule has 22 heavy (non-hydrogen) atoms. The molecule has 0 aliphatic heterocycles. The quantitative estimate of drug-likeness (QED) is 0.305. The van der Waals surface area contributed by atoms with E-state index in [0.717, 1.165) is 19.3 Å². The lowest BCUT2D eigenvalue weighted by molar-refractivity contribution is -0.146. The normalized spacial score (nSPS) is 11.6. The molecule has 0 aromatic heterocycles. The third kappa shape index (κ3) is 10.2. The fourth-order valence-electron chi connectivity index (χ4n) is 1.90. The predicted molar refractivity (Wildman–Crippen MR) is 88.5 cm³/mol. The molecule has 0 aromatic rings. The van der Waals surface area contributed by atoms with Crippen LogP contribution in [0.3, 0.4) is 0 Å². The van der Waals surface area contributed by atoms with Crippen LogP contribution >= 0.6 is 0 Å². The molecule has 4 nitrogen and oxygen atoms in total. The Balaban J connectivity index is 4.21. The first-order valence-corrected chi connectivity index (χ1v) is 8.07. The SMILES string of the molecule is C=C(C)C(=O)OCCC(CCCCCCC)OC(=O)C(=C)C. The second-order valence-corrected chi connectivity index (χ2v) is 5.72. The summed E-state index contributed by atoms with van der Waals surface area (Å²) in [6, 6.07) is 0. The van der Waals surface area contributed by atoms with Gasteiger partial charge in [-0.15, -0.1) is 0 Å². The molecule has 1 unspecified atom stereocenters. The van der Waals surface area contributed by atoms with Gasteiger partial charge in [0.05, 0.1) is 6.61 Å². The van der Waals surface area contributed by atoms with E-state index in [9.17, 15) is 9.59 Å². The Labute approximate surface area is 134 Å². The smallest absolute Gasteiger partial charge is 0.333 e. The van der Waals surface area contributed by atoms with Gasteiger partial charge in [0.25, 0.3) is 0 Å². The van der Waals surface area contributed by atoms with E-state index in [0.29, 0.717) is 17.6 Å². The minimum absolute atomic E-state index is 0.231. The van der Waals surface area contributed by atoms with Crippen LogP contribution in [0.4, 0.5) is 0 Å². The maximum absolute atomic E-state index is 11.7. The van der Waals surface area contributed by atoms with Crippen molar-refractivity contribution in [1.29, 1.82) is 0 Å². The van der Waals surface area contributed by atoms with E-state index in [1.54, 1.807) is 13.8 Å². The molecule has 0 amide bonds. The van der Waals surface area contributed by atoms with Crippen LogP contribution < -0.4 is 0 Å². The van der Waals surface area contributed by atoms with E-state index in [-0.39, 0.29) is 18.7 Å². The number of ether oxygens (including phenoxy) is 2. The zero-order valence-corrected chi connectivity index (χ0v) is 14.3. The van der Waals surface area contributed by atoms with Gasteiger partial charge in [-0.1, -0.05) is 45.8 Å². The van der Waals surface area contributed by atoms with Gasteiger partial charge in [-0.2, -0.15) is 0 Å². The van der Waals surface area contributed by atoms with E-state index < -0.39 is 5.97 Å². The summed E-state index contributed by atoms with van der Waals surface area (Å²) in [6.45, 7) is 12.8. The maximum atomic E-state index is 11.7. The summed E-state index contributed by atoms with van der Waals surface area (Å²) in [5.74, 6) is -0.794. The van der Waals surface area contributed by atoms with Gasteiger partial charge >= 0.3 is 11.9 Å². The largest absolute Gasteiger partial charge is 0.462 e. The van der Waals surface area contributed by atoms with Crippen molar-refractivity contribution in [3.05, 3.63) is 24.3 Å². The lowest BCUT2D eigenvalue weighted by Crippen LogP contribution is -2.21. The molecule has 0 aliphatic rings. The van der Waals surface area contributed by atoms with Crippen molar-refractivity contribution >= 4 is 11.9 Å². The monoisotopic (exact) mass is 310 g/mol. The van der Waals surface area contributed by atoms with Gasteiger partial charge in [-0.05, 0) is 26.7 Å². The second-order valence-electron chi connectivity index (χ2n) is 5.72. The summed E-state index contributed by atoms with van der Waals surface area (Å²) < 4.78 is 10.5. The number of esters is 2. The van der Waals surface area contributed by atoms with Crippen LogP contribution in [0.1, 0.15) is 65.7 Å². The molecule has 4 heteroatoms. The number of carbonyl (C=O) groups is 2. The zero-order valence-electron chi connectivity index (χ0n) is 14.3. The van der Waals surface area contributed by atoms with Gasteiger partial charge in [0.1, 0.15) is 6.10 Å². The van der Waals surface area contributed by atoms with Crippen LogP contribution in [0.2, 0.25) is 0 Å². The highest BCUT2D eigenvalue weighted by Crippen LogP contribution is 2.14. The van der Waals surface area contributed by atoms with Gasteiger partial charge in [0.15, 0.2) is 0 Å². The summed E-state index contributed by atoms with van der Waals surface area (Å²) in [6.07, 6.45) is 6.81. The lowest BCUT2D eigenvalue weighted by atomic mass is 10.1. The number of carbonyl (C=O) groups excluding carboxylic acids is 2.